The van der Waals surface area contributed by atoms with Crippen LogP contribution >= 0.6 is 0 Å². The number of carbonyl (C=O) groups is 2. The van der Waals surface area contributed by atoms with Crippen LogP contribution in [0.2, 0.25) is 0 Å². The highest BCUT2D eigenvalue weighted by Crippen LogP contribution is 2.18. The normalized spacial score (nSPS) is 11.5. The van der Waals surface area contributed by atoms with Crippen molar-refractivity contribution in [1.82, 2.24) is 5.32 Å². The van der Waals surface area contributed by atoms with Gasteiger partial charge >= 0.3 is 0 Å². The van der Waals surface area contributed by atoms with Crippen molar-refractivity contribution < 1.29 is 18.7 Å². The average Bonchev–Trinajstić information content (AvgIpc) is 3.25. The maximum atomic E-state index is 12.7. The summed E-state index contributed by atoms with van der Waals surface area (Å²) in [4.78, 5) is 25.2. The van der Waals surface area contributed by atoms with Gasteiger partial charge in [-0.05, 0) is 42.8 Å². The molecule has 1 heterocycles. The Bertz CT molecular complexity index is 907. The molecule has 3 aromatic rings. The van der Waals surface area contributed by atoms with E-state index in [1.165, 1.54) is 0 Å². The molecule has 0 aliphatic rings. The topological polar surface area (TPSA) is 80.6 Å². The fourth-order valence-corrected chi connectivity index (χ4v) is 2.66. The van der Waals surface area contributed by atoms with Gasteiger partial charge in [-0.1, -0.05) is 37.3 Å². The van der Waals surface area contributed by atoms with Gasteiger partial charge in [0, 0.05) is 0 Å². The summed E-state index contributed by atoms with van der Waals surface area (Å²) in [5.41, 5.74) is 0.802. The number of benzene rings is 2. The van der Waals surface area contributed by atoms with Crippen LogP contribution in [-0.4, -0.2) is 17.9 Å². The third kappa shape index (κ3) is 5.01. The monoisotopic (exact) mass is 378 g/mol. The van der Waals surface area contributed by atoms with Crippen LogP contribution < -0.4 is 15.4 Å². The highest BCUT2D eigenvalue weighted by molar-refractivity contribution is 6.04. The molecule has 1 unspecified atom stereocenters. The standard InChI is InChI=1S/C22H22N2O4/c1-2-20(28-16-9-4-3-5-10-16)22(26)24-19-13-7-6-12-18(19)21(25)23-15-17-11-8-14-27-17/h3-14,20H,2,15H2,1H3,(H,23,25)(H,24,26). The van der Waals surface area contributed by atoms with E-state index in [2.05, 4.69) is 10.6 Å². The molecule has 0 radical (unpaired) electrons. The average molecular weight is 378 g/mol. The predicted molar refractivity (Wildman–Crippen MR) is 106 cm³/mol. The van der Waals surface area contributed by atoms with Crippen molar-refractivity contribution in [3.8, 4) is 5.75 Å². The van der Waals surface area contributed by atoms with Gasteiger partial charge in [0.05, 0.1) is 24.1 Å². The summed E-state index contributed by atoms with van der Waals surface area (Å²) in [6.45, 7) is 2.14. The van der Waals surface area contributed by atoms with Gasteiger partial charge in [-0.25, -0.2) is 0 Å². The zero-order valence-electron chi connectivity index (χ0n) is 15.6. The number of hydrogen-bond donors (Lipinski definition) is 2. The summed E-state index contributed by atoms with van der Waals surface area (Å²) in [5, 5.41) is 5.59. The smallest absolute Gasteiger partial charge is 0.265 e. The minimum Gasteiger partial charge on any atom is -0.481 e. The lowest BCUT2D eigenvalue weighted by atomic mass is 10.1. The van der Waals surface area contributed by atoms with E-state index in [0.29, 0.717) is 29.2 Å². The molecule has 0 saturated carbocycles. The van der Waals surface area contributed by atoms with Crippen LogP contribution in [0.5, 0.6) is 5.75 Å². The molecule has 2 N–H and O–H groups in total. The van der Waals surface area contributed by atoms with E-state index in [4.69, 9.17) is 9.15 Å². The predicted octanol–water partition coefficient (Wildman–Crippen LogP) is 4.01. The highest BCUT2D eigenvalue weighted by Gasteiger charge is 2.21. The maximum absolute atomic E-state index is 12.7. The van der Waals surface area contributed by atoms with E-state index in [-0.39, 0.29) is 18.4 Å². The van der Waals surface area contributed by atoms with E-state index in [9.17, 15) is 9.59 Å². The Morgan fingerprint density at radius 1 is 1.00 bits per heavy atom. The molecule has 0 aliphatic heterocycles. The Morgan fingerprint density at radius 2 is 1.75 bits per heavy atom. The molecular formula is C22H22N2O4. The van der Waals surface area contributed by atoms with E-state index < -0.39 is 6.10 Å². The number of carbonyl (C=O) groups excluding carboxylic acids is 2. The molecule has 3 rings (SSSR count). The minimum atomic E-state index is -0.665. The number of para-hydroxylation sites is 2. The van der Waals surface area contributed by atoms with Crippen molar-refractivity contribution in [1.29, 1.82) is 0 Å². The van der Waals surface area contributed by atoms with Crippen molar-refractivity contribution in [2.24, 2.45) is 0 Å². The van der Waals surface area contributed by atoms with Crippen LogP contribution in [0.25, 0.3) is 0 Å². The SMILES string of the molecule is CCC(Oc1ccccc1)C(=O)Nc1ccccc1C(=O)NCc1ccco1. The molecule has 6 heteroatoms. The molecule has 0 spiro atoms. The first-order valence-electron chi connectivity index (χ1n) is 9.09. The van der Waals surface area contributed by atoms with Crippen molar-refractivity contribution in [3.05, 3.63) is 84.3 Å². The number of nitrogens with one attached hydrogen (secondary N) is 2. The molecule has 144 valence electrons. The first-order chi connectivity index (χ1) is 13.7. The fourth-order valence-electron chi connectivity index (χ4n) is 2.66. The quantitative estimate of drug-likeness (QED) is 0.621. The summed E-state index contributed by atoms with van der Waals surface area (Å²) < 4.78 is 11.0. The molecule has 0 aliphatic carbocycles. The number of amides is 2. The Balaban J connectivity index is 1.67. The summed E-state index contributed by atoms with van der Waals surface area (Å²) in [6, 6.07) is 19.6. The van der Waals surface area contributed by atoms with Crippen LogP contribution in [0.1, 0.15) is 29.5 Å². The largest absolute Gasteiger partial charge is 0.481 e. The van der Waals surface area contributed by atoms with Gasteiger partial charge in [-0.15, -0.1) is 0 Å². The van der Waals surface area contributed by atoms with E-state index in [1.807, 2.05) is 25.1 Å². The van der Waals surface area contributed by atoms with Crippen molar-refractivity contribution in [2.75, 3.05) is 5.32 Å². The molecule has 0 saturated heterocycles. The lowest BCUT2D eigenvalue weighted by Crippen LogP contribution is -2.33. The van der Waals surface area contributed by atoms with E-state index in [1.54, 1.807) is 54.8 Å². The molecule has 1 aromatic heterocycles. The van der Waals surface area contributed by atoms with Crippen LogP contribution in [-0.2, 0) is 11.3 Å². The van der Waals surface area contributed by atoms with Gasteiger partial charge in [-0.3, -0.25) is 9.59 Å². The van der Waals surface area contributed by atoms with Gasteiger partial charge in [0.25, 0.3) is 11.8 Å². The first kappa shape index (κ1) is 19.2. The van der Waals surface area contributed by atoms with Crippen molar-refractivity contribution in [2.45, 2.75) is 26.0 Å². The number of anilines is 1. The Hall–Kier alpha value is -3.54. The van der Waals surface area contributed by atoms with Crippen LogP contribution in [0.4, 0.5) is 5.69 Å². The molecule has 2 aromatic carbocycles. The van der Waals surface area contributed by atoms with E-state index in [0.717, 1.165) is 0 Å². The fraction of sp³-hybridized carbons (Fsp3) is 0.182. The third-order valence-electron chi connectivity index (χ3n) is 4.12. The summed E-state index contributed by atoms with van der Waals surface area (Å²) in [5.74, 6) is 0.660. The number of rotatable bonds is 8. The maximum Gasteiger partial charge on any atom is 0.265 e. The van der Waals surface area contributed by atoms with Gasteiger partial charge in [0.1, 0.15) is 11.5 Å². The molecule has 2 amide bonds. The summed E-state index contributed by atoms with van der Waals surface area (Å²) in [6.07, 6.45) is 1.38. The Labute approximate surface area is 163 Å². The van der Waals surface area contributed by atoms with Gasteiger partial charge in [0.15, 0.2) is 6.10 Å². The Morgan fingerprint density at radius 3 is 2.46 bits per heavy atom. The highest BCUT2D eigenvalue weighted by atomic mass is 16.5. The van der Waals surface area contributed by atoms with Crippen molar-refractivity contribution >= 4 is 17.5 Å². The second kappa shape index (κ2) is 9.41. The van der Waals surface area contributed by atoms with Crippen molar-refractivity contribution in [3.63, 3.8) is 0 Å². The lowest BCUT2D eigenvalue weighted by molar-refractivity contribution is -0.122. The number of ether oxygens (including phenoxy) is 1. The summed E-state index contributed by atoms with van der Waals surface area (Å²) >= 11 is 0. The molecule has 0 bridgehead atoms. The first-order valence-corrected chi connectivity index (χ1v) is 9.09. The Kier molecular flexibility index (Phi) is 6.46. The zero-order valence-corrected chi connectivity index (χ0v) is 15.6. The van der Waals surface area contributed by atoms with Gasteiger partial charge < -0.3 is 19.8 Å². The van der Waals surface area contributed by atoms with Gasteiger partial charge in [0.2, 0.25) is 0 Å². The van der Waals surface area contributed by atoms with E-state index >= 15 is 0 Å². The van der Waals surface area contributed by atoms with Crippen LogP contribution in [0, 0.1) is 0 Å². The minimum absolute atomic E-state index is 0.267. The summed E-state index contributed by atoms with van der Waals surface area (Å²) in [7, 11) is 0. The third-order valence-corrected chi connectivity index (χ3v) is 4.12. The second-order valence-electron chi connectivity index (χ2n) is 6.12. The van der Waals surface area contributed by atoms with Gasteiger partial charge in [-0.2, -0.15) is 0 Å². The molecule has 6 nitrogen and oxygen atoms in total. The van der Waals surface area contributed by atoms with Crippen LogP contribution in [0.15, 0.2) is 77.4 Å². The molecule has 28 heavy (non-hydrogen) atoms. The zero-order chi connectivity index (χ0) is 19.8. The molecule has 0 fully saturated rings. The number of hydrogen-bond acceptors (Lipinski definition) is 4. The molecular weight excluding hydrogens is 356 g/mol. The van der Waals surface area contributed by atoms with Crippen LogP contribution in [0.3, 0.4) is 0 Å². The molecule has 1 atom stereocenters. The lowest BCUT2D eigenvalue weighted by Gasteiger charge is -2.18. The second-order valence-corrected chi connectivity index (χ2v) is 6.12. The number of furan rings is 1.